The van der Waals surface area contributed by atoms with Gasteiger partial charge < -0.3 is 5.73 Å². The largest absolute Gasteiger partial charge is 0.387 e. The first-order valence-electron chi connectivity index (χ1n) is 3.88. The Bertz CT molecular complexity index is 450. The zero-order valence-electron chi connectivity index (χ0n) is 7.16. The minimum absolute atomic E-state index is 0.237. The lowest BCUT2D eigenvalue weighted by atomic mass is 10.5. The lowest BCUT2D eigenvalue weighted by molar-refractivity contribution is 0.957. The van der Waals surface area contributed by atoms with Crippen molar-refractivity contribution in [3.63, 3.8) is 0 Å². The predicted molar refractivity (Wildman–Crippen MR) is 55.0 cm³/mol. The number of nitrogens with zero attached hydrogens (tertiary/aromatic N) is 4. The van der Waals surface area contributed by atoms with Crippen LogP contribution >= 0.6 is 12.2 Å². The maximum absolute atomic E-state index is 5.50. The van der Waals surface area contributed by atoms with Gasteiger partial charge in [-0.05, 0) is 0 Å². The first-order valence-corrected chi connectivity index (χ1v) is 4.29. The molecule has 14 heavy (non-hydrogen) atoms. The smallest absolute Gasteiger partial charge is 0.173 e. The molecule has 0 aliphatic carbocycles. The Balaban J connectivity index is 2.52. The van der Waals surface area contributed by atoms with Crippen LogP contribution in [-0.2, 0) is 0 Å². The van der Waals surface area contributed by atoms with Crippen LogP contribution in [0, 0.1) is 0 Å². The Morgan fingerprint density at radius 3 is 2.79 bits per heavy atom. The van der Waals surface area contributed by atoms with Crippen molar-refractivity contribution in [2.24, 2.45) is 5.73 Å². The molecule has 0 unspecified atom stereocenters. The zero-order valence-corrected chi connectivity index (χ0v) is 7.98. The van der Waals surface area contributed by atoms with Gasteiger partial charge in [-0.15, -0.1) is 0 Å². The fraction of sp³-hybridized carbons (Fsp3) is 0. The topological polar surface area (TPSA) is 69.6 Å². The third-order valence-electron chi connectivity index (χ3n) is 1.66. The number of rotatable bonds is 2. The maximum atomic E-state index is 5.50. The molecule has 0 spiro atoms. The molecule has 6 heteroatoms. The van der Waals surface area contributed by atoms with E-state index >= 15 is 0 Å². The average Bonchev–Trinajstić information content (AvgIpc) is 2.67. The van der Waals surface area contributed by atoms with E-state index < -0.39 is 0 Å². The Labute approximate surface area is 85.6 Å². The second-order valence-corrected chi connectivity index (χ2v) is 2.99. The standard InChI is InChI=1S/C8H7N5S/c9-7(14)8-12-3-4-13(8)6-5-10-1-2-11-6/h1-5H,(H2,9,14). The summed E-state index contributed by atoms with van der Waals surface area (Å²) in [6, 6.07) is 0. The molecule has 0 atom stereocenters. The average molecular weight is 205 g/mol. The third kappa shape index (κ3) is 1.47. The van der Waals surface area contributed by atoms with Crippen molar-refractivity contribution in [1.82, 2.24) is 19.5 Å². The van der Waals surface area contributed by atoms with E-state index in [0.717, 1.165) is 0 Å². The SMILES string of the molecule is NC(=S)c1nccn1-c1cnccn1. The van der Waals surface area contributed by atoms with E-state index in [2.05, 4.69) is 15.0 Å². The number of imidazole rings is 1. The van der Waals surface area contributed by atoms with E-state index in [1.54, 1.807) is 35.6 Å². The molecule has 2 aromatic rings. The molecule has 0 aliphatic heterocycles. The van der Waals surface area contributed by atoms with Crippen molar-refractivity contribution in [2.45, 2.75) is 0 Å². The van der Waals surface area contributed by atoms with Crippen LogP contribution in [-0.4, -0.2) is 24.5 Å². The molecule has 2 rings (SSSR count). The number of aromatic nitrogens is 4. The van der Waals surface area contributed by atoms with E-state index in [4.69, 9.17) is 18.0 Å². The summed E-state index contributed by atoms with van der Waals surface area (Å²) < 4.78 is 1.69. The van der Waals surface area contributed by atoms with Crippen molar-refractivity contribution in [3.05, 3.63) is 36.8 Å². The molecule has 70 valence electrons. The zero-order chi connectivity index (χ0) is 9.97. The number of hydrogen-bond donors (Lipinski definition) is 1. The molecule has 2 heterocycles. The highest BCUT2D eigenvalue weighted by molar-refractivity contribution is 7.80. The van der Waals surface area contributed by atoms with Crippen molar-refractivity contribution in [2.75, 3.05) is 0 Å². The van der Waals surface area contributed by atoms with Crippen molar-refractivity contribution in [3.8, 4) is 5.82 Å². The lowest BCUT2D eigenvalue weighted by Gasteiger charge is -2.03. The van der Waals surface area contributed by atoms with E-state index in [-0.39, 0.29) is 4.99 Å². The van der Waals surface area contributed by atoms with Gasteiger partial charge in [0, 0.05) is 24.8 Å². The Kier molecular flexibility index (Phi) is 2.19. The monoisotopic (exact) mass is 205 g/mol. The second kappa shape index (κ2) is 3.51. The highest BCUT2D eigenvalue weighted by Gasteiger charge is 2.07. The van der Waals surface area contributed by atoms with Crippen molar-refractivity contribution in [1.29, 1.82) is 0 Å². The van der Waals surface area contributed by atoms with E-state index in [1.165, 1.54) is 0 Å². The van der Waals surface area contributed by atoms with E-state index in [9.17, 15) is 0 Å². The quantitative estimate of drug-likeness (QED) is 0.714. The fourth-order valence-corrected chi connectivity index (χ4v) is 1.24. The number of thiocarbonyl (C=S) groups is 1. The Morgan fingerprint density at radius 2 is 2.14 bits per heavy atom. The predicted octanol–water partition coefficient (Wildman–Crippen LogP) is 0.296. The molecular formula is C8H7N5S. The highest BCUT2D eigenvalue weighted by Crippen LogP contribution is 2.05. The van der Waals surface area contributed by atoms with Gasteiger partial charge in [0.2, 0.25) is 0 Å². The molecule has 0 amide bonds. The summed E-state index contributed by atoms with van der Waals surface area (Å²) in [5, 5.41) is 0. The molecule has 5 nitrogen and oxygen atoms in total. The Hall–Kier alpha value is -1.82. The Morgan fingerprint density at radius 1 is 1.29 bits per heavy atom. The van der Waals surface area contributed by atoms with Gasteiger partial charge in [-0.1, -0.05) is 12.2 Å². The summed E-state index contributed by atoms with van der Waals surface area (Å²) in [4.78, 5) is 12.3. The summed E-state index contributed by atoms with van der Waals surface area (Å²) in [6.45, 7) is 0. The van der Waals surface area contributed by atoms with Crippen LogP contribution in [0.4, 0.5) is 0 Å². The molecule has 0 saturated carbocycles. The lowest BCUT2D eigenvalue weighted by Crippen LogP contribution is -2.16. The van der Waals surface area contributed by atoms with Crippen molar-refractivity contribution < 1.29 is 0 Å². The van der Waals surface area contributed by atoms with Crippen LogP contribution in [0.5, 0.6) is 0 Å². The van der Waals surface area contributed by atoms with Crippen LogP contribution in [0.2, 0.25) is 0 Å². The molecule has 2 aromatic heterocycles. The van der Waals surface area contributed by atoms with Gasteiger partial charge in [-0.3, -0.25) is 9.55 Å². The summed E-state index contributed by atoms with van der Waals surface area (Å²) >= 11 is 4.85. The van der Waals surface area contributed by atoms with Gasteiger partial charge in [-0.2, -0.15) is 0 Å². The van der Waals surface area contributed by atoms with Gasteiger partial charge in [0.25, 0.3) is 0 Å². The summed E-state index contributed by atoms with van der Waals surface area (Å²) in [5.74, 6) is 1.16. The summed E-state index contributed by atoms with van der Waals surface area (Å²) in [6.07, 6.45) is 8.16. The van der Waals surface area contributed by atoms with Gasteiger partial charge in [0.1, 0.15) is 4.99 Å². The minimum atomic E-state index is 0.237. The minimum Gasteiger partial charge on any atom is -0.387 e. The summed E-state index contributed by atoms with van der Waals surface area (Å²) in [5.41, 5.74) is 5.50. The van der Waals surface area contributed by atoms with Crippen molar-refractivity contribution >= 4 is 17.2 Å². The van der Waals surface area contributed by atoms with Crippen LogP contribution < -0.4 is 5.73 Å². The molecule has 0 fully saturated rings. The second-order valence-electron chi connectivity index (χ2n) is 2.55. The first-order chi connectivity index (χ1) is 6.79. The molecule has 0 aliphatic rings. The summed E-state index contributed by atoms with van der Waals surface area (Å²) in [7, 11) is 0. The third-order valence-corrected chi connectivity index (χ3v) is 1.84. The van der Waals surface area contributed by atoms with Crippen LogP contribution in [0.1, 0.15) is 5.82 Å². The van der Waals surface area contributed by atoms with Gasteiger partial charge >= 0.3 is 0 Å². The normalized spacial score (nSPS) is 10.0. The molecule has 2 N–H and O–H groups in total. The van der Waals surface area contributed by atoms with E-state index in [0.29, 0.717) is 11.6 Å². The van der Waals surface area contributed by atoms with Crippen LogP contribution in [0.25, 0.3) is 5.82 Å². The highest BCUT2D eigenvalue weighted by atomic mass is 32.1. The van der Waals surface area contributed by atoms with Crippen LogP contribution in [0.15, 0.2) is 31.0 Å². The molecule has 0 bridgehead atoms. The van der Waals surface area contributed by atoms with E-state index in [1.807, 2.05) is 0 Å². The first kappa shape index (κ1) is 8.76. The molecule has 0 aromatic carbocycles. The molecular weight excluding hydrogens is 198 g/mol. The molecule has 0 radical (unpaired) electrons. The maximum Gasteiger partial charge on any atom is 0.173 e. The fourth-order valence-electron chi connectivity index (χ4n) is 1.09. The number of hydrogen-bond acceptors (Lipinski definition) is 4. The molecule has 0 saturated heterocycles. The van der Waals surface area contributed by atoms with Gasteiger partial charge in [0.15, 0.2) is 11.6 Å². The van der Waals surface area contributed by atoms with Gasteiger partial charge in [0.05, 0.1) is 6.20 Å². The van der Waals surface area contributed by atoms with Gasteiger partial charge in [-0.25, -0.2) is 9.97 Å². The number of nitrogens with two attached hydrogens (primary N) is 1. The van der Waals surface area contributed by atoms with Crippen LogP contribution in [0.3, 0.4) is 0 Å².